The molecule has 0 radical (unpaired) electrons. The highest BCUT2D eigenvalue weighted by Crippen LogP contribution is 2.14. The Bertz CT molecular complexity index is 561. The molecule has 1 aromatic carbocycles. The van der Waals surface area contributed by atoms with Crippen LogP contribution in [0.1, 0.15) is 11.1 Å². The molecule has 19 heavy (non-hydrogen) atoms. The summed E-state index contributed by atoms with van der Waals surface area (Å²) < 4.78 is 31.5. The summed E-state index contributed by atoms with van der Waals surface area (Å²) in [6.45, 7) is 0.703. The van der Waals surface area contributed by atoms with Gasteiger partial charge in [-0.25, -0.2) is 13.8 Å². The molecule has 0 unspecified atom stereocenters. The van der Waals surface area contributed by atoms with Gasteiger partial charge in [0.2, 0.25) is 5.88 Å². The molecule has 0 aliphatic heterocycles. The Morgan fingerprint density at radius 3 is 2.63 bits per heavy atom. The molecule has 2 aromatic rings. The second-order valence-electron chi connectivity index (χ2n) is 3.99. The average Bonchev–Trinajstić information content (AvgIpc) is 2.44. The van der Waals surface area contributed by atoms with Crippen molar-refractivity contribution in [1.82, 2.24) is 10.3 Å². The molecule has 0 fully saturated rings. The van der Waals surface area contributed by atoms with Crippen LogP contribution in [0.3, 0.4) is 0 Å². The van der Waals surface area contributed by atoms with Crippen LogP contribution in [0.25, 0.3) is 0 Å². The minimum atomic E-state index is -0.835. The van der Waals surface area contributed by atoms with Crippen molar-refractivity contribution in [3.8, 4) is 5.88 Å². The molecule has 1 aromatic heterocycles. The van der Waals surface area contributed by atoms with Crippen LogP contribution < -0.4 is 10.1 Å². The largest absolute Gasteiger partial charge is 0.481 e. The molecule has 5 heteroatoms. The summed E-state index contributed by atoms with van der Waals surface area (Å²) >= 11 is 0. The molecule has 0 amide bonds. The normalized spacial score (nSPS) is 10.5. The van der Waals surface area contributed by atoms with Gasteiger partial charge in [0.25, 0.3) is 0 Å². The quantitative estimate of drug-likeness (QED) is 0.901. The van der Waals surface area contributed by atoms with Gasteiger partial charge in [0, 0.05) is 30.4 Å². The van der Waals surface area contributed by atoms with Gasteiger partial charge in [-0.2, -0.15) is 0 Å². The highest BCUT2D eigenvalue weighted by Gasteiger charge is 2.08. The third-order valence-electron chi connectivity index (χ3n) is 2.71. The van der Waals surface area contributed by atoms with Crippen molar-refractivity contribution in [2.45, 2.75) is 13.1 Å². The lowest BCUT2D eigenvalue weighted by Gasteiger charge is -2.09. The van der Waals surface area contributed by atoms with E-state index in [1.165, 1.54) is 13.2 Å². The first-order valence-corrected chi connectivity index (χ1v) is 5.84. The first-order valence-electron chi connectivity index (χ1n) is 5.84. The van der Waals surface area contributed by atoms with Crippen molar-refractivity contribution in [2.75, 3.05) is 7.11 Å². The SMILES string of the molecule is COc1ncccc1CNCc1cccc(F)c1F. The molecular formula is C14H14F2N2O. The molecule has 0 atom stereocenters. The number of ether oxygens (including phenoxy) is 1. The molecule has 2 rings (SSSR count). The topological polar surface area (TPSA) is 34.1 Å². The van der Waals surface area contributed by atoms with Crippen LogP contribution in [0.2, 0.25) is 0 Å². The minimum Gasteiger partial charge on any atom is -0.481 e. The van der Waals surface area contributed by atoms with E-state index in [2.05, 4.69) is 10.3 Å². The predicted octanol–water partition coefficient (Wildman–Crippen LogP) is 2.66. The van der Waals surface area contributed by atoms with E-state index in [1.807, 2.05) is 6.07 Å². The summed E-state index contributed by atoms with van der Waals surface area (Å²) in [5, 5.41) is 3.03. The zero-order valence-corrected chi connectivity index (χ0v) is 10.5. The number of benzene rings is 1. The van der Waals surface area contributed by atoms with E-state index >= 15 is 0 Å². The molecule has 0 spiro atoms. The zero-order chi connectivity index (χ0) is 13.7. The van der Waals surface area contributed by atoms with Gasteiger partial charge in [0.1, 0.15) is 0 Å². The fourth-order valence-corrected chi connectivity index (χ4v) is 1.76. The summed E-state index contributed by atoms with van der Waals surface area (Å²) in [6.07, 6.45) is 1.63. The third kappa shape index (κ3) is 3.26. The van der Waals surface area contributed by atoms with Crippen molar-refractivity contribution < 1.29 is 13.5 Å². The molecule has 3 nitrogen and oxygen atoms in total. The minimum absolute atomic E-state index is 0.238. The van der Waals surface area contributed by atoms with Crippen LogP contribution in [-0.2, 0) is 13.1 Å². The van der Waals surface area contributed by atoms with Crippen LogP contribution in [0.15, 0.2) is 36.5 Å². The number of pyridine rings is 1. The van der Waals surface area contributed by atoms with Crippen LogP contribution in [-0.4, -0.2) is 12.1 Å². The number of nitrogens with one attached hydrogen (secondary N) is 1. The van der Waals surface area contributed by atoms with Crippen molar-refractivity contribution in [3.63, 3.8) is 0 Å². The molecule has 0 aliphatic rings. The third-order valence-corrected chi connectivity index (χ3v) is 2.71. The maximum atomic E-state index is 13.4. The Morgan fingerprint density at radius 1 is 1.11 bits per heavy atom. The summed E-state index contributed by atoms with van der Waals surface area (Å²) in [6, 6.07) is 7.79. The Kier molecular flexibility index (Phi) is 4.41. The Balaban J connectivity index is 1.98. The number of hydrogen-bond acceptors (Lipinski definition) is 3. The number of methoxy groups -OCH3 is 1. The van der Waals surface area contributed by atoms with E-state index in [4.69, 9.17) is 4.74 Å². The Hall–Kier alpha value is -2.01. The van der Waals surface area contributed by atoms with Gasteiger partial charge >= 0.3 is 0 Å². The van der Waals surface area contributed by atoms with Gasteiger partial charge in [-0.05, 0) is 12.1 Å². The molecule has 1 heterocycles. The fraction of sp³-hybridized carbons (Fsp3) is 0.214. The smallest absolute Gasteiger partial charge is 0.217 e. The Labute approximate surface area is 110 Å². The van der Waals surface area contributed by atoms with Gasteiger partial charge in [0.05, 0.1) is 7.11 Å². The molecular weight excluding hydrogens is 250 g/mol. The van der Waals surface area contributed by atoms with E-state index in [0.29, 0.717) is 18.0 Å². The van der Waals surface area contributed by atoms with Crippen molar-refractivity contribution in [1.29, 1.82) is 0 Å². The summed E-state index contributed by atoms with van der Waals surface area (Å²) in [4.78, 5) is 4.06. The summed E-state index contributed by atoms with van der Waals surface area (Å²) in [7, 11) is 1.54. The standard InChI is InChI=1S/C14H14F2N2O/c1-19-14-11(5-3-7-18-14)9-17-8-10-4-2-6-12(15)13(10)16/h2-7,17H,8-9H2,1H3. The second kappa shape index (κ2) is 6.24. The highest BCUT2D eigenvalue weighted by molar-refractivity contribution is 5.25. The number of nitrogens with zero attached hydrogens (tertiary/aromatic N) is 1. The molecule has 0 bridgehead atoms. The van der Waals surface area contributed by atoms with Crippen LogP contribution in [0, 0.1) is 11.6 Å². The lowest BCUT2D eigenvalue weighted by molar-refractivity contribution is 0.390. The maximum Gasteiger partial charge on any atom is 0.217 e. The van der Waals surface area contributed by atoms with Gasteiger partial charge in [-0.3, -0.25) is 0 Å². The molecule has 0 saturated heterocycles. The van der Waals surface area contributed by atoms with Gasteiger partial charge in [-0.15, -0.1) is 0 Å². The van der Waals surface area contributed by atoms with Gasteiger partial charge < -0.3 is 10.1 Å². The fourth-order valence-electron chi connectivity index (χ4n) is 1.76. The average molecular weight is 264 g/mol. The number of hydrogen-bond donors (Lipinski definition) is 1. The molecule has 1 N–H and O–H groups in total. The zero-order valence-electron chi connectivity index (χ0n) is 10.5. The monoisotopic (exact) mass is 264 g/mol. The van der Waals surface area contributed by atoms with Crippen LogP contribution in [0.5, 0.6) is 5.88 Å². The number of halogens is 2. The summed E-state index contributed by atoms with van der Waals surface area (Å²) in [5.41, 5.74) is 1.16. The van der Waals surface area contributed by atoms with E-state index in [1.54, 1.807) is 18.3 Å². The van der Waals surface area contributed by atoms with Crippen LogP contribution >= 0.6 is 0 Å². The van der Waals surface area contributed by atoms with Crippen LogP contribution in [0.4, 0.5) is 8.78 Å². The van der Waals surface area contributed by atoms with Crippen molar-refractivity contribution in [2.24, 2.45) is 0 Å². The second-order valence-corrected chi connectivity index (χ2v) is 3.99. The maximum absolute atomic E-state index is 13.4. The Morgan fingerprint density at radius 2 is 1.84 bits per heavy atom. The van der Waals surface area contributed by atoms with E-state index in [9.17, 15) is 8.78 Å². The predicted molar refractivity (Wildman–Crippen MR) is 67.7 cm³/mol. The highest BCUT2D eigenvalue weighted by atomic mass is 19.2. The first-order chi connectivity index (χ1) is 9.22. The molecule has 100 valence electrons. The van der Waals surface area contributed by atoms with E-state index < -0.39 is 11.6 Å². The lowest BCUT2D eigenvalue weighted by atomic mass is 10.2. The molecule has 0 saturated carbocycles. The molecule has 0 aliphatic carbocycles. The van der Waals surface area contributed by atoms with Gasteiger partial charge in [-0.1, -0.05) is 18.2 Å². The lowest BCUT2D eigenvalue weighted by Crippen LogP contribution is -2.15. The first kappa shape index (κ1) is 13.4. The van der Waals surface area contributed by atoms with E-state index in [0.717, 1.165) is 11.6 Å². The number of aromatic nitrogens is 1. The van der Waals surface area contributed by atoms with Gasteiger partial charge in [0.15, 0.2) is 11.6 Å². The number of rotatable bonds is 5. The summed E-state index contributed by atoms with van der Waals surface area (Å²) in [5.74, 6) is -1.12. The van der Waals surface area contributed by atoms with Crippen molar-refractivity contribution >= 4 is 0 Å². The van der Waals surface area contributed by atoms with E-state index in [-0.39, 0.29) is 6.54 Å². The van der Waals surface area contributed by atoms with Crippen molar-refractivity contribution in [3.05, 3.63) is 59.3 Å².